The van der Waals surface area contributed by atoms with Crippen LogP contribution in [0.4, 0.5) is 5.69 Å². The van der Waals surface area contributed by atoms with E-state index in [0.29, 0.717) is 11.3 Å². The van der Waals surface area contributed by atoms with Crippen molar-refractivity contribution < 1.29 is 76.2 Å². The van der Waals surface area contributed by atoms with Gasteiger partial charge in [-0.15, -0.1) is 6.42 Å². The predicted molar refractivity (Wildman–Crippen MR) is 211 cm³/mol. The quantitative estimate of drug-likeness (QED) is 0.0565. The van der Waals surface area contributed by atoms with Crippen molar-refractivity contribution in [3.05, 3.63) is 65.5 Å². The highest BCUT2D eigenvalue weighted by Crippen LogP contribution is 2.37. The van der Waals surface area contributed by atoms with Gasteiger partial charge in [0.15, 0.2) is 24.5 Å². The molecule has 1 saturated heterocycles. The minimum atomic E-state index is -2.44. The van der Waals surface area contributed by atoms with Gasteiger partial charge in [0.05, 0.1) is 65.5 Å². The van der Waals surface area contributed by atoms with Gasteiger partial charge in [0.1, 0.15) is 18.8 Å². The largest absolute Gasteiger partial charge is 0.465 e. The Morgan fingerprint density at radius 3 is 2.20 bits per heavy atom. The number of terminal acetylenes is 1. The molecule has 0 bridgehead atoms. The Morgan fingerprint density at radius 2 is 1.57 bits per heavy atom. The zero-order valence-corrected chi connectivity index (χ0v) is 34.4. The second-order valence-corrected chi connectivity index (χ2v) is 13.3. The molecule has 0 aromatic heterocycles. The van der Waals surface area contributed by atoms with Crippen molar-refractivity contribution in [3.8, 4) is 23.5 Å². The molecular formula is C42H49N3O16. The maximum Gasteiger partial charge on any atom is 0.366 e. The van der Waals surface area contributed by atoms with Crippen LogP contribution in [-0.2, 0) is 82.6 Å². The molecule has 2 amide bonds. The molecule has 61 heavy (non-hydrogen) atoms. The van der Waals surface area contributed by atoms with E-state index in [2.05, 4.69) is 21.4 Å². The summed E-state index contributed by atoms with van der Waals surface area (Å²) < 4.78 is 49.7. The van der Waals surface area contributed by atoms with E-state index in [1.807, 2.05) is 6.07 Å². The average molecular weight is 852 g/mol. The molecule has 1 aliphatic heterocycles. The third-order valence-corrected chi connectivity index (χ3v) is 8.66. The SMILES string of the molecule is [C-]#[N+]c1cccc(-c2ccc(CC(=O)NC[C@@H](OC(C)=O)[C@@H](OC(C)=O)[C@@H]3O[C@@](OCCOCCOCC#C)(C(=O)OC)C[C@H](OC(C)=O)[C@H]3NC(=O)COC(C)=O)cc2)c1. The van der Waals surface area contributed by atoms with E-state index < -0.39 is 97.5 Å². The Bertz CT molecular complexity index is 1940. The van der Waals surface area contributed by atoms with Crippen LogP contribution in [0.25, 0.3) is 16.0 Å². The number of ether oxygens (including phenoxy) is 9. The maximum atomic E-state index is 13.6. The molecule has 2 N–H and O–H groups in total. The van der Waals surface area contributed by atoms with Crippen LogP contribution < -0.4 is 10.6 Å². The van der Waals surface area contributed by atoms with Gasteiger partial charge in [0.2, 0.25) is 5.91 Å². The number of esters is 5. The molecule has 2 aromatic rings. The van der Waals surface area contributed by atoms with E-state index in [9.17, 15) is 33.6 Å². The molecule has 2 aromatic carbocycles. The normalized spacial score (nSPS) is 19.0. The molecule has 3 rings (SSSR count). The van der Waals surface area contributed by atoms with Crippen LogP contribution in [-0.4, -0.2) is 131 Å². The fourth-order valence-corrected chi connectivity index (χ4v) is 6.19. The summed E-state index contributed by atoms with van der Waals surface area (Å²) >= 11 is 0. The summed E-state index contributed by atoms with van der Waals surface area (Å²) in [5.41, 5.74) is 2.69. The molecular weight excluding hydrogens is 802 g/mol. The minimum absolute atomic E-state index is 0.0636. The lowest BCUT2D eigenvalue weighted by molar-refractivity contribution is -0.315. The second kappa shape index (κ2) is 24.6. The first-order valence-corrected chi connectivity index (χ1v) is 18.9. The number of amides is 2. The lowest BCUT2D eigenvalue weighted by Crippen LogP contribution is -2.70. The van der Waals surface area contributed by atoms with Crippen LogP contribution in [0.15, 0.2) is 48.5 Å². The zero-order chi connectivity index (χ0) is 45.0. The van der Waals surface area contributed by atoms with E-state index in [0.717, 1.165) is 45.9 Å². The molecule has 0 saturated carbocycles. The number of nitrogens with one attached hydrogen (secondary N) is 2. The Labute approximate surface area is 352 Å². The summed E-state index contributed by atoms with van der Waals surface area (Å²) in [6.07, 6.45) is -2.23. The summed E-state index contributed by atoms with van der Waals surface area (Å²) in [7, 11) is 1.03. The molecule has 328 valence electrons. The van der Waals surface area contributed by atoms with Crippen molar-refractivity contribution in [1.82, 2.24) is 10.6 Å². The monoisotopic (exact) mass is 851 g/mol. The van der Waals surface area contributed by atoms with Gasteiger partial charge in [-0.05, 0) is 22.8 Å². The van der Waals surface area contributed by atoms with Crippen LogP contribution in [0.2, 0.25) is 0 Å². The molecule has 1 aliphatic rings. The first-order valence-electron chi connectivity index (χ1n) is 18.9. The van der Waals surface area contributed by atoms with Crippen LogP contribution in [0.1, 0.15) is 39.7 Å². The second-order valence-electron chi connectivity index (χ2n) is 13.3. The topological polar surface area (TPSA) is 231 Å². The van der Waals surface area contributed by atoms with Gasteiger partial charge in [-0.25, -0.2) is 9.64 Å². The number of carbonyl (C=O) groups excluding carboxylic acids is 7. The average Bonchev–Trinajstić information content (AvgIpc) is 3.22. The van der Waals surface area contributed by atoms with Crippen molar-refractivity contribution in [2.75, 3.05) is 53.3 Å². The minimum Gasteiger partial charge on any atom is -0.465 e. The number of carbonyl (C=O) groups is 7. The van der Waals surface area contributed by atoms with Crippen LogP contribution >= 0.6 is 0 Å². The Kier molecular flexibility index (Phi) is 19.8. The molecule has 0 radical (unpaired) electrons. The molecule has 1 heterocycles. The Morgan fingerprint density at radius 1 is 0.885 bits per heavy atom. The molecule has 19 nitrogen and oxygen atoms in total. The summed E-state index contributed by atoms with van der Waals surface area (Å²) in [4.78, 5) is 93.1. The van der Waals surface area contributed by atoms with Gasteiger partial charge < -0.3 is 53.3 Å². The predicted octanol–water partition coefficient (Wildman–Crippen LogP) is 1.75. The van der Waals surface area contributed by atoms with Gasteiger partial charge in [0.25, 0.3) is 11.7 Å². The zero-order valence-electron chi connectivity index (χ0n) is 34.4. The van der Waals surface area contributed by atoms with E-state index in [1.54, 1.807) is 42.5 Å². The van der Waals surface area contributed by atoms with Gasteiger partial charge in [-0.1, -0.05) is 48.4 Å². The summed E-state index contributed by atoms with van der Waals surface area (Å²) in [5, 5.41) is 5.20. The molecule has 0 unspecified atom stereocenters. The Hall–Kier alpha value is -6.38. The van der Waals surface area contributed by atoms with Gasteiger partial charge >= 0.3 is 29.8 Å². The summed E-state index contributed by atoms with van der Waals surface area (Å²) in [6.45, 7) is 10.0. The van der Waals surface area contributed by atoms with Crippen molar-refractivity contribution >= 4 is 47.3 Å². The molecule has 6 atom stereocenters. The lowest BCUT2D eigenvalue weighted by Gasteiger charge is -2.48. The third-order valence-electron chi connectivity index (χ3n) is 8.66. The van der Waals surface area contributed by atoms with Crippen LogP contribution in [0.5, 0.6) is 0 Å². The highest BCUT2D eigenvalue weighted by atomic mass is 16.7. The van der Waals surface area contributed by atoms with Gasteiger partial charge in [-0.3, -0.25) is 28.8 Å². The maximum absolute atomic E-state index is 13.6. The number of benzene rings is 2. The van der Waals surface area contributed by atoms with E-state index >= 15 is 0 Å². The van der Waals surface area contributed by atoms with Crippen molar-refractivity contribution in [2.45, 2.75) is 76.8 Å². The first-order chi connectivity index (χ1) is 29.1. The van der Waals surface area contributed by atoms with Crippen molar-refractivity contribution in [1.29, 1.82) is 0 Å². The first kappa shape index (κ1) is 49.0. The number of rotatable bonds is 22. The standard InChI is InChI=1S/C42H49N3O16/c1-8-16-54-17-18-55-19-20-57-42(41(52)53-7)23-34(58-27(3)47)38(45-37(51)25-56-26(2)46)40(61-42)39(60-29(5)49)35(59-28(4)48)24-44-36(50)21-30-12-14-31(15-13-30)32-10-9-11-33(22-32)43-6/h1,9-15,22,34-35,38-40H,16-21,23-25H2,2-5,7H3,(H,44,50)(H,45,51)/t34-,35+,38+,39+,40+,42+/m0/s1. The molecule has 1 fully saturated rings. The van der Waals surface area contributed by atoms with Crippen LogP contribution in [0, 0.1) is 18.9 Å². The highest BCUT2D eigenvalue weighted by Gasteiger charge is 2.59. The van der Waals surface area contributed by atoms with E-state index in [1.165, 1.54) is 0 Å². The Balaban J connectivity index is 2.00. The number of methoxy groups -OCH3 is 1. The highest BCUT2D eigenvalue weighted by molar-refractivity contribution is 5.81. The van der Waals surface area contributed by atoms with Gasteiger partial charge in [-0.2, -0.15) is 0 Å². The third kappa shape index (κ3) is 16.0. The summed E-state index contributed by atoms with van der Waals surface area (Å²) in [5.74, 6) is -6.26. The van der Waals surface area contributed by atoms with Crippen LogP contribution in [0.3, 0.4) is 0 Å². The van der Waals surface area contributed by atoms with Gasteiger partial charge in [0, 0.05) is 27.7 Å². The molecule has 0 spiro atoms. The van der Waals surface area contributed by atoms with E-state index in [-0.39, 0.29) is 39.5 Å². The smallest absolute Gasteiger partial charge is 0.366 e. The number of hydrogen-bond donors (Lipinski definition) is 2. The summed E-state index contributed by atoms with van der Waals surface area (Å²) in [6, 6.07) is 12.5. The lowest BCUT2D eigenvalue weighted by atomic mass is 9.87. The fourth-order valence-electron chi connectivity index (χ4n) is 6.19. The van der Waals surface area contributed by atoms with E-state index in [4.69, 9.17) is 55.6 Å². The number of hydrogen-bond acceptors (Lipinski definition) is 16. The fraction of sp³-hybridized carbons (Fsp3) is 0.476. The van der Waals surface area contributed by atoms with Crippen molar-refractivity contribution in [3.63, 3.8) is 0 Å². The number of nitrogens with zero attached hydrogens (tertiary/aromatic N) is 1. The molecule has 19 heteroatoms. The van der Waals surface area contributed by atoms with Crippen molar-refractivity contribution in [2.24, 2.45) is 0 Å². The molecule has 0 aliphatic carbocycles.